The molecule has 0 radical (unpaired) electrons. The molecule has 1 amide bonds. The van der Waals surface area contributed by atoms with Crippen molar-refractivity contribution in [2.45, 2.75) is 33.8 Å². The smallest absolute Gasteiger partial charge is 0.295 e. The third kappa shape index (κ3) is 4.98. The third-order valence-corrected chi connectivity index (χ3v) is 4.70. The highest BCUT2D eigenvalue weighted by molar-refractivity contribution is 6.02. The fourth-order valence-electron chi connectivity index (χ4n) is 3.03. The summed E-state index contributed by atoms with van der Waals surface area (Å²) in [7, 11) is 0. The number of nitrogens with one attached hydrogen (secondary N) is 1. The summed E-state index contributed by atoms with van der Waals surface area (Å²) < 4.78 is 13.1. The van der Waals surface area contributed by atoms with E-state index in [1.165, 1.54) is 12.6 Å². The molecule has 0 saturated carbocycles. The molecule has 168 valence electrons. The average molecular weight is 444 g/mol. The molecule has 9 heteroatoms. The van der Waals surface area contributed by atoms with E-state index in [0.717, 1.165) is 16.8 Å². The number of amides is 1. The van der Waals surface area contributed by atoms with E-state index < -0.39 is 5.91 Å². The SMILES string of the molecule is Cc1ccc(NC(=O)/C(=C\OC(C)C)Oc2ncnc3c2cnn3-c2ccccc2C)nc1. The van der Waals surface area contributed by atoms with Gasteiger partial charge in [0.15, 0.2) is 5.65 Å². The number of para-hydroxylation sites is 1. The minimum atomic E-state index is -0.523. The monoisotopic (exact) mass is 444 g/mol. The summed E-state index contributed by atoms with van der Waals surface area (Å²) >= 11 is 0. The number of aromatic nitrogens is 5. The molecule has 0 saturated heterocycles. The predicted molar refractivity (Wildman–Crippen MR) is 124 cm³/mol. The molecule has 0 atom stereocenters. The first kappa shape index (κ1) is 21.9. The Balaban J connectivity index is 1.66. The molecule has 0 fully saturated rings. The molecule has 4 rings (SSSR count). The lowest BCUT2D eigenvalue weighted by atomic mass is 10.2. The Kier molecular flexibility index (Phi) is 6.30. The fourth-order valence-corrected chi connectivity index (χ4v) is 3.03. The number of pyridine rings is 1. The first-order valence-corrected chi connectivity index (χ1v) is 10.4. The van der Waals surface area contributed by atoms with Gasteiger partial charge in [-0.15, -0.1) is 0 Å². The highest BCUT2D eigenvalue weighted by Crippen LogP contribution is 2.26. The van der Waals surface area contributed by atoms with E-state index in [-0.39, 0.29) is 17.7 Å². The van der Waals surface area contributed by atoms with Crippen LogP contribution in [0.3, 0.4) is 0 Å². The van der Waals surface area contributed by atoms with Crippen LogP contribution in [0.15, 0.2) is 67.1 Å². The van der Waals surface area contributed by atoms with Crippen LogP contribution >= 0.6 is 0 Å². The third-order valence-electron chi connectivity index (χ3n) is 4.70. The molecule has 1 aromatic carbocycles. The Bertz CT molecular complexity index is 1310. The molecule has 0 aliphatic carbocycles. The standard InChI is InChI=1S/C24H24N6O3/c1-15(2)32-13-20(23(31)29-21-10-9-16(3)11-25-21)33-24-18-12-28-30(22(18)26-14-27-24)19-8-6-5-7-17(19)4/h5-15H,1-4H3,(H,25,29,31)/b20-13+. The molecule has 0 unspecified atom stereocenters. The molecule has 0 spiro atoms. The summed E-state index contributed by atoms with van der Waals surface area (Å²) in [5.41, 5.74) is 3.47. The Morgan fingerprint density at radius 3 is 2.61 bits per heavy atom. The molecule has 9 nitrogen and oxygen atoms in total. The summed E-state index contributed by atoms with van der Waals surface area (Å²) in [6.07, 6.45) is 5.77. The van der Waals surface area contributed by atoms with Gasteiger partial charge in [0.05, 0.1) is 18.0 Å². The maximum absolute atomic E-state index is 12.9. The number of aryl methyl sites for hydroxylation is 2. The molecule has 3 aromatic heterocycles. The fraction of sp³-hybridized carbons (Fsp3) is 0.208. The zero-order chi connectivity index (χ0) is 23.4. The normalized spacial score (nSPS) is 11.6. The van der Waals surface area contributed by atoms with Gasteiger partial charge in [-0.2, -0.15) is 5.10 Å². The van der Waals surface area contributed by atoms with E-state index in [1.54, 1.807) is 23.1 Å². The number of rotatable bonds is 7. The predicted octanol–water partition coefficient (Wildman–Crippen LogP) is 4.11. The second-order valence-corrected chi connectivity index (χ2v) is 7.70. The van der Waals surface area contributed by atoms with Crippen molar-refractivity contribution >= 4 is 22.8 Å². The quantitative estimate of drug-likeness (QED) is 0.338. The van der Waals surface area contributed by atoms with E-state index >= 15 is 0 Å². The molecule has 4 aromatic rings. The number of benzene rings is 1. The minimum Gasteiger partial charge on any atom is -0.495 e. The highest BCUT2D eigenvalue weighted by Gasteiger charge is 2.19. The summed E-state index contributed by atoms with van der Waals surface area (Å²) in [4.78, 5) is 25.7. The zero-order valence-electron chi connectivity index (χ0n) is 18.8. The Morgan fingerprint density at radius 2 is 1.88 bits per heavy atom. The number of hydrogen-bond acceptors (Lipinski definition) is 7. The van der Waals surface area contributed by atoms with Gasteiger partial charge >= 0.3 is 0 Å². The summed E-state index contributed by atoms with van der Waals surface area (Å²) in [5.74, 6) is -0.0184. The minimum absolute atomic E-state index is 0.0743. The molecule has 3 heterocycles. The Labute approximate surface area is 191 Å². The van der Waals surface area contributed by atoms with E-state index in [2.05, 4.69) is 25.4 Å². The first-order chi connectivity index (χ1) is 15.9. The summed E-state index contributed by atoms with van der Waals surface area (Å²) in [6.45, 7) is 7.61. The van der Waals surface area contributed by atoms with Gasteiger partial charge in [0.25, 0.3) is 5.91 Å². The van der Waals surface area contributed by atoms with Crippen molar-refractivity contribution in [1.29, 1.82) is 0 Å². The van der Waals surface area contributed by atoms with Crippen molar-refractivity contribution in [1.82, 2.24) is 24.7 Å². The number of ether oxygens (including phenoxy) is 2. The van der Waals surface area contributed by atoms with Crippen molar-refractivity contribution in [2.75, 3.05) is 5.32 Å². The van der Waals surface area contributed by atoms with Crippen molar-refractivity contribution in [3.63, 3.8) is 0 Å². The van der Waals surface area contributed by atoms with E-state index in [0.29, 0.717) is 16.9 Å². The molecule has 0 aliphatic heterocycles. The van der Waals surface area contributed by atoms with E-state index in [1.807, 2.05) is 58.0 Å². The molecule has 0 bridgehead atoms. The lowest BCUT2D eigenvalue weighted by Gasteiger charge is -2.12. The Morgan fingerprint density at radius 1 is 1.06 bits per heavy atom. The Hall–Kier alpha value is -4.27. The van der Waals surface area contributed by atoms with Gasteiger partial charge in [-0.05, 0) is 51.0 Å². The van der Waals surface area contributed by atoms with Gasteiger partial charge in [0.1, 0.15) is 23.8 Å². The lowest BCUT2D eigenvalue weighted by Crippen LogP contribution is -2.20. The van der Waals surface area contributed by atoms with Crippen LogP contribution in [0.2, 0.25) is 0 Å². The maximum Gasteiger partial charge on any atom is 0.295 e. The lowest BCUT2D eigenvalue weighted by molar-refractivity contribution is -0.115. The van der Waals surface area contributed by atoms with Gasteiger partial charge in [0, 0.05) is 6.20 Å². The number of fused-ring (bicyclic) bond motifs is 1. The van der Waals surface area contributed by atoms with E-state index in [9.17, 15) is 4.79 Å². The van der Waals surface area contributed by atoms with Crippen molar-refractivity contribution < 1.29 is 14.3 Å². The first-order valence-electron chi connectivity index (χ1n) is 10.4. The van der Waals surface area contributed by atoms with Crippen LogP contribution in [0.5, 0.6) is 5.88 Å². The average Bonchev–Trinajstić information content (AvgIpc) is 3.23. The molecule has 1 N–H and O–H groups in total. The van der Waals surface area contributed by atoms with Gasteiger partial charge < -0.3 is 14.8 Å². The number of carbonyl (C=O) groups is 1. The number of carbonyl (C=O) groups excluding carboxylic acids is 1. The number of hydrogen-bond donors (Lipinski definition) is 1. The molecule has 0 aliphatic rings. The van der Waals surface area contributed by atoms with Crippen molar-refractivity contribution in [3.8, 4) is 11.6 Å². The number of nitrogens with zero attached hydrogens (tertiary/aromatic N) is 5. The van der Waals surface area contributed by atoms with Crippen LogP contribution < -0.4 is 10.1 Å². The van der Waals surface area contributed by atoms with Crippen molar-refractivity contribution in [2.24, 2.45) is 0 Å². The van der Waals surface area contributed by atoms with Crippen LogP contribution in [0, 0.1) is 13.8 Å². The molecule has 33 heavy (non-hydrogen) atoms. The van der Waals surface area contributed by atoms with Gasteiger partial charge in [-0.1, -0.05) is 24.3 Å². The second-order valence-electron chi connectivity index (χ2n) is 7.70. The van der Waals surface area contributed by atoms with Crippen LogP contribution in [-0.4, -0.2) is 36.7 Å². The van der Waals surface area contributed by atoms with Crippen LogP contribution in [-0.2, 0) is 9.53 Å². The van der Waals surface area contributed by atoms with Crippen LogP contribution in [0.25, 0.3) is 16.7 Å². The second kappa shape index (κ2) is 9.47. The summed E-state index contributed by atoms with van der Waals surface area (Å²) in [5, 5.41) is 7.73. The van der Waals surface area contributed by atoms with Gasteiger partial charge in [-0.25, -0.2) is 19.6 Å². The maximum atomic E-state index is 12.9. The van der Waals surface area contributed by atoms with Gasteiger partial charge in [-0.3, -0.25) is 4.79 Å². The van der Waals surface area contributed by atoms with E-state index in [4.69, 9.17) is 9.47 Å². The van der Waals surface area contributed by atoms with Crippen LogP contribution in [0.4, 0.5) is 5.82 Å². The molecular formula is C24H24N6O3. The van der Waals surface area contributed by atoms with Crippen molar-refractivity contribution in [3.05, 3.63) is 78.3 Å². The molecular weight excluding hydrogens is 420 g/mol. The van der Waals surface area contributed by atoms with Gasteiger partial charge in [0.2, 0.25) is 11.6 Å². The highest BCUT2D eigenvalue weighted by atomic mass is 16.5. The largest absolute Gasteiger partial charge is 0.495 e. The number of anilines is 1. The summed E-state index contributed by atoms with van der Waals surface area (Å²) in [6, 6.07) is 11.4. The topological polar surface area (TPSA) is 104 Å². The zero-order valence-corrected chi connectivity index (χ0v) is 18.8. The van der Waals surface area contributed by atoms with Crippen LogP contribution in [0.1, 0.15) is 25.0 Å².